The Hall–Kier alpha value is -2.76. The highest BCUT2D eigenvalue weighted by Gasteiger charge is 2.15. The number of carbonyl (C=O) groups excluding carboxylic acids is 2. The molecular formula is C17H18FN3O2. The topological polar surface area (TPSA) is 62.3 Å². The van der Waals surface area contributed by atoms with E-state index in [4.69, 9.17) is 0 Å². The van der Waals surface area contributed by atoms with Crippen LogP contribution in [0.3, 0.4) is 0 Å². The fraction of sp³-hybridized carbons (Fsp3) is 0.235. The van der Waals surface area contributed by atoms with E-state index in [0.29, 0.717) is 24.3 Å². The summed E-state index contributed by atoms with van der Waals surface area (Å²) in [4.78, 5) is 30.1. The number of pyridine rings is 1. The molecule has 1 N–H and O–H groups in total. The number of carbonyl (C=O) groups is 2. The lowest BCUT2D eigenvalue weighted by Crippen LogP contribution is -2.30. The van der Waals surface area contributed by atoms with Crippen LogP contribution in [0, 0.1) is 5.82 Å². The van der Waals surface area contributed by atoms with Gasteiger partial charge in [0.2, 0.25) is 0 Å². The second kappa shape index (κ2) is 7.49. The van der Waals surface area contributed by atoms with E-state index in [9.17, 15) is 14.0 Å². The number of nitrogens with zero attached hydrogens (tertiary/aromatic N) is 2. The third-order valence-corrected chi connectivity index (χ3v) is 3.39. The van der Waals surface area contributed by atoms with Crippen LogP contribution in [0.1, 0.15) is 34.7 Å². The van der Waals surface area contributed by atoms with Gasteiger partial charge >= 0.3 is 0 Å². The van der Waals surface area contributed by atoms with Crippen LogP contribution in [0.15, 0.2) is 42.6 Å². The Kier molecular flexibility index (Phi) is 5.41. The molecule has 0 aliphatic carbocycles. The largest absolute Gasteiger partial charge is 0.339 e. The molecule has 120 valence electrons. The van der Waals surface area contributed by atoms with Crippen LogP contribution >= 0.6 is 0 Å². The van der Waals surface area contributed by atoms with Crippen molar-refractivity contribution in [2.24, 2.45) is 0 Å². The molecule has 2 aromatic rings. The van der Waals surface area contributed by atoms with Crippen LogP contribution < -0.4 is 5.32 Å². The summed E-state index contributed by atoms with van der Waals surface area (Å²) < 4.78 is 12.9. The van der Waals surface area contributed by atoms with E-state index in [2.05, 4.69) is 10.3 Å². The molecule has 1 aromatic heterocycles. The molecule has 0 fully saturated rings. The number of halogens is 1. The zero-order valence-electron chi connectivity index (χ0n) is 13.0. The molecule has 2 amide bonds. The Morgan fingerprint density at radius 3 is 2.39 bits per heavy atom. The normalized spacial score (nSPS) is 10.2. The predicted molar refractivity (Wildman–Crippen MR) is 85.8 cm³/mol. The molecule has 5 nitrogen and oxygen atoms in total. The second-order valence-corrected chi connectivity index (χ2v) is 4.87. The van der Waals surface area contributed by atoms with E-state index >= 15 is 0 Å². The van der Waals surface area contributed by atoms with Gasteiger partial charge in [-0.05, 0) is 50.2 Å². The van der Waals surface area contributed by atoms with Crippen molar-refractivity contribution in [1.82, 2.24) is 9.88 Å². The molecule has 23 heavy (non-hydrogen) atoms. The van der Waals surface area contributed by atoms with Gasteiger partial charge < -0.3 is 10.2 Å². The third-order valence-electron chi connectivity index (χ3n) is 3.39. The number of aromatic nitrogens is 1. The highest BCUT2D eigenvalue weighted by molar-refractivity contribution is 6.04. The lowest BCUT2D eigenvalue weighted by Gasteiger charge is -2.18. The van der Waals surface area contributed by atoms with Crippen molar-refractivity contribution in [3.05, 3.63) is 59.7 Å². The van der Waals surface area contributed by atoms with Crippen molar-refractivity contribution in [3.63, 3.8) is 0 Å². The summed E-state index contributed by atoms with van der Waals surface area (Å²) in [7, 11) is 0. The van der Waals surface area contributed by atoms with E-state index in [-0.39, 0.29) is 17.4 Å². The number of nitrogens with one attached hydrogen (secondary N) is 1. The Morgan fingerprint density at radius 1 is 1.13 bits per heavy atom. The first-order chi connectivity index (χ1) is 11.0. The first-order valence-corrected chi connectivity index (χ1v) is 7.37. The van der Waals surface area contributed by atoms with Gasteiger partial charge in [-0.1, -0.05) is 0 Å². The minimum absolute atomic E-state index is 0.132. The van der Waals surface area contributed by atoms with Gasteiger partial charge in [0.1, 0.15) is 11.5 Å². The minimum Gasteiger partial charge on any atom is -0.339 e. The number of amides is 2. The average molecular weight is 315 g/mol. The van der Waals surface area contributed by atoms with Crippen molar-refractivity contribution in [3.8, 4) is 0 Å². The molecule has 2 rings (SSSR count). The third kappa shape index (κ3) is 4.12. The fourth-order valence-electron chi connectivity index (χ4n) is 2.11. The maximum atomic E-state index is 12.9. The Bertz CT molecular complexity index is 697. The second-order valence-electron chi connectivity index (χ2n) is 4.87. The van der Waals surface area contributed by atoms with Gasteiger partial charge in [0.05, 0.1) is 0 Å². The molecule has 0 aliphatic rings. The van der Waals surface area contributed by atoms with E-state index in [1.54, 1.807) is 11.0 Å². The first-order valence-electron chi connectivity index (χ1n) is 7.37. The number of rotatable bonds is 5. The van der Waals surface area contributed by atoms with Gasteiger partial charge in [-0.15, -0.1) is 0 Å². The quantitative estimate of drug-likeness (QED) is 0.922. The lowest BCUT2D eigenvalue weighted by molar-refractivity contribution is 0.0773. The molecule has 6 heteroatoms. The number of hydrogen-bond donors (Lipinski definition) is 1. The number of anilines is 1. The zero-order valence-corrected chi connectivity index (χ0v) is 13.0. The highest BCUT2D eigenvalue weighted by atomic mass is 19.1. The molecule has 0 spiro atoms. The van der Waals surface area contributed by atoms with Gasteiger partial charge in [-0.25, -0.2) is 4.39 Å². The highest BCUT2D eigenvalue weighted by Crippen LogP contribution is 2.11. The Balaban J connectivity index is 2.17. The summed E-state index contributed by atoms with van der Waals surface area (Å²) in [5, 5.41) is 2.62. The summed E-state index contributed by atoms with van der Waals surface area (Å²) in [6, 6.07) is 8.46. The molecule has 0 saturated heterocycles. The van der Waals surface area contributed by atoms with Crippen LogP contribution in [0.25, 0.3) is 0 Å². The van der Waals surface area contributed by atoms with Crippen LogP contribution in [0.5, 0.6) is 0 Å². The fourth-order valence-corrected chi connectivity index (χ4v) is 2.11. The molecule has 0 saturated carbocycles. The van der Waals surface area contributed by atoms with Crippen molar-refractivity contribution in [2.45, 2.75) is 13.8 Å². The molecule has 1 aromatic carbocycles. The minimum atomic E-state index is -0.453. The summed E-state index contributed by atoms with van der Waals surface area (Å²) >= 11 is 0. The standard InChI is InChI=1S/C17H18FN3O2/c1-3-21(4-2)17(23)12-9-10-19-15(11-12)16(22)20-14-7-5-13(18)6-8-14/h5-11H,3-4H2,1-2H3,(H,20,22). The van der Waals surface area contributed by atoms with Gasteiger partial charge in [0.15, 0.2) is 0 Å². The maximum absolute atomic E-state index is 12.9. The lowest BCUT2D eigenvalue weighted by atomic mass is 10.2. The molecule has 0 aliphatic heterocycles. The van der Waals surface area contributed by atoms with E-state index in [1.807, 2.05) is 13.8 Å². The zero-order chi connectivity index (χ0) is 16.8. The Morgan fingerprint density at radius 2 is 1.78 bits per heavy atom. The molecular weight excluding hydrogens is 297 g/mol. The monoisotopic (exact) mass is 315 g/mol. The summed E-state index contributed by atoms with van der Waals surface area (Å²) in [6.07, 6.45) is 1.43. The van der Waals surface area contributed by atoms with Gasteiger partial charge in [-0.3, -0.25) is 14.6 Å². The van der Waals surface area contributed by atoms with Crippen LogP contribution in [0.4, 0.5) is 10.1 Å². The average Bonchev–Trinajstić information content (AvgIpc) is 2.58. The van der Waals surface area contributed by atoms with Crippen LogP contribution in [-0.2, 0) is 0 Å². The smallest absolute Gasteiger partial charge is 0.274 e. The van der Waals surface area contributed by atoms with Crippen molar-refractivity contribution in [1.29, 1.82) is 0 Å². The number of benzene rings is 1. The van der Waals surface area contributed by atoms with Crippen LogP contribution in [-0.4, -0.2) is 34.8 Å². The molecule has 0 bridgehead atoms. The maximum Gasteiger partial charge on any atom is 0.274 e. The number of hydrogen-bond acceptors (Lipinski definition) is 3. The van der Waals surface area contributed by atoms with Gasteiger partial charge in [0.25, 0.3) is 11.8 Å². The predicted octanol–water partition coefficient (Wildman–Crippen LogP) is 2.96. The molecule has 1 heterocycles. The van der Waals surface area contributed by atoms with Gasteiger partial charge in [0, 0.05) is 30.5 Å². The van der Waals surface area contributed by atoms with E-state index in [0.717, 1.165) is 0 Å². The van der Waals surface area contributed by atoms with Gasteiger partial charge in [-0.2, -0.15) is 0 Å². The first kappa shape index (κ1) is 16.6. The SMILES string of the molecule is CCN(CC)C(=O)c1ccnc(C(=O)Nc2ccc(F)cc2)c1. The molecule has 0 radical (unpaired) electrons. The summed E-state index contributed by atoms with van der Waals surface area (Å²) in [5.41, 5.74) is 0.999. The van der Waals surface area contributed by atoms with E-state index in [1.165, 1.54) is 36.5 Å². The van der Waals surface area contributed by atoms with Crippen molar-refractivity contribution in [2.75, 3.05) is 18.4 Å². The summed E-state index contributed by atoms with van der Waals surface area (Å²) in [5.74, 6) is -0.980. The Labute approximate surface area is 134 Å². The molecule has 0 unspecified atom stereocenters. The van der Waals surface area contributed by atoms with Crippen molar-refractivity contribution >= 4 is 17.5 Å². The summed E-state index contributed by atoms with van der Waals surface area (Å²) in [6.45, 7) is 4.97. The molecule has 0 atom stereocenters. The van der Waals surface area contributed by atoms with E-state index < -0.39 is 5.91 Å². The van der Waals surface area contributed by atoms with Crippen molar-refractivity contribution < 1.29 is 14.0 Å². The van der Waals surface area contributed by atoms with Crippen LogP contribution in [0.2, 0.25) is 0 Å².